The van der Waals surface area contributed by atoms with Crippen molar-refractivity contribution in [3.05, 3.63) is 40.6 Å². The molecule has 0 saturated carbocycles. The number of hydrogen-bond donors (Lipinski definition) is 1. The lowest BCUT2D eigenvalue weighted by atomic mass is 9.85. The molecule has 1 fully saturated rings. The summed E-state index contributed by atoms with van der Waals surface area (Å²) < 4.78 is 11.3. The summed E-state index contributed by atoms with van der Waals surface area (Å²) in [6.45, 7) is 6.46. The van der Waals surface area contributed by atoms with Crippen LogP contribution >= 0.6 is 0 Å². The molecule has 2 aliphatic rings. The van der Waals surface area contributed by atoms with Crippen LogP contribution in [0, 0.1) is 13.8 Å². The van der Waals surface area contributed by atoms with Crippen molar-refractivity contribution in [2.75, 3.05) is 40.5 Å². The van der Waals surface area contributed by atoms with Gasteiger partial charge < -0.3 is 19.6 Å². The molecular weight excluding hydrogens is 332 g/mol. The molecule has 0 aliphatic carbocycles. The van der Waals surface area contributed by atoms with Gasteiger partial charge in [0.2, 0.25) is 0 Å². The number of carbonyl (C=O) groups is 1. The van der Waals surface area contributed by atoms with Gasteiger partial charge in [0.1, 0.15) is 17.9 Å². The Morgan fingerprint density at radius 1 is 1.15 bits per heavy atom. The molecule has 1 N–H and O–H groups in total. The fourth-order valence-corrected chi connectivity index (χ4v) is 3.77. The second-order valence-corrected chi connectivity index (χ2v) is 7.01. The van der Waals surface area contributed by atoms with Crippen LogP contribution in [0.15, 0.2) is 24.0 Å². The number of nitrogens with zero attached hydrogens (tertiary/aromatic N) is 1. The Labute approximate surface area is 155 Å². The third-order valence-corrected chi connectivity index (χ3v) is 5.27. The van der Waals surface area contributed by atoms with Crippen molar-refractivity contribution in [3.8, 4) is 0 Å². The zero-order chi connectivity index (χ0) is 18.7. The smallest absolute Gasteiger partial charge is 0.256 e. The summed E-state index contributed by atoms with van der Waals surface area (Å²) in [7, 11) is 3.33. The number of carbonyl (C=O) groups excluding carboxylic acids is 1. The second-order valence-electron chi connectivity index (χ2n) is 7.01. The van der Waals surface area contributed by atoms with Crippen molar-refractivity contribution in [3.63, 3.8) is 0 Å². The van der Waals surface area contributed by atoms with E-state index in [0.717, 1.165) is 48.4 Å². The van der Waals surface area contributed by atoms with E-state index in [1.165, 1.54) is 0 Å². The number of benzene rings is 1. The largest absolute Gasteiger partial charge is 0.492 e. The standard InChI is InChI=1S/C20H28N2O4/c1-14-5-6-15(2)16(13-14)17-18(26-12-11-24-3)20(21-19(17)23)7-9-22(25-4)10-8-20/h5-6,13H,7-12H2,1-4H3,(H,21,23). The fraction of sp³-hybridized carbons (Fsp3) is 0.550. The van der Waals surface area contributed by atoms with Gasteiger partial charge in [-0.15, -0.1) is 0 Å². The van der Waals surface area contributed by atoms with Gasteiger partial charge >= 0.3 is 0 Å². The van der Waals surface area contributed by atoms with Crippen LogP contribution in [0.5, 0.6) is 0 Å². The molecule has 0 atom stereocenters. The number of rotatable bonds is 6. The quantitative estimate of drug-likeness (QED) is 0.788. The number of nitrogens with one attached hydrogen (secondary N) is 1. The van der Waals surface area contributed by atoms with E-state index in [9.17, 15) is 4.79 Å². The highest BCUT2D eigenvalue weighted by atomic mass is 16.7. The number of amides is 1. The van der Waals surface area contributed by atoms with E-state index in [0.29, 0.717) is 18.8 Å². The van der Waals surface area contributed by atoms with Crippen LogP contribution in [-0.2, 0) is 19.1 Å². The van der Waals surface area contributed by atoms with Crippen molar-refractivity contribution < 1.29 is 19.1 Å². The summed E-state index contributed by atoms with van der Waals surface area (Å²) in [6.07, 6.45) is 1.51. The first-order valence-electron chi connectivity index (χ1n) is 9.06. The van der Waals surface area contributed by atoms with Crippen LogP contribution in [0.2, 0.25) is 0 Å². The molecule has 3 rings (SSSR count). The highest BCUT2D eigenvalue weighted by Gasteiger charge is 2.49. The second kappa shape index (κ2) is 7.78. The Balaban J connectivity index is 2.03. The number of ether oxygens (including phenoxy) is 2. The minimum absolute atomic E-state index is 0.0583. The molecule has 1 spiro atoms. The number of aryl methyl sites for hydroxylation is 2. The average Bonchev–Trinajstić information content (AvgIpc) is 2.89. The summed E-state index contributed by atoms with van der Waals surface area (Å²) in [6, 6.07) is 6.17. The van der Waals surface area contributed by atoms with Gasteiger partial charge in [0.15, 0.2) is 0 Å². The minimum Gasteiger partial charge on any atom is -0.492 e. The highest BCUT2D eigenvalue weighted by Crippen LogP contribution is 2.41. The summed E-state index contributed by atoms with van der Waals surface area (Å²) >= 11 is 0. The molecule has 0 unspecified atom stereocenters. The van der Waals surface area contributed by atoms with Crippen molar-refractivity contribution in [2.24, 2.45) is 0 Å². The van der Waals surface area contributed by atoms with E-state index in [-0.39, 0.29) is 5.91 Å². The van der Waals surface area contributed by atoms with E-state index in [1.54, 1.807) is 14.2 Å². The summed E-state index contributed by atoms with van der Waals surface area (Å²) in [5.41, 5.74) is 3.33. The lowest BCUT2D eigenvalue weighted by Gasteiger charge is -2.39. The zero-order valence-corrected chi connectivity index (χ0v) is 16.1. The van der Waals surface area contributed by atoms with Gasteiger partial charge in [0, 0.05) is 20.2 Å². The van der Waals surface area contributed by atoms with Gasteiger partial charge in [0.25, 0.3) is 5.91 Å². The van der Waals surface area contributed by atoms with E-state index < -0.39 is 5.54 Å². The van der Waals surface area contributed by atoms with Crippen molar-refractivity contribution in [1.82, 2.24) is 10.4 Å². The maximum absolute atomic E-state index is 13.0. The maximum Gasteiger partial charge on any atom is 0.256 e. The normalized spacial score (nSPS) is 19.9. The van der Waals surface area contributed by atoms with Crippen LogP contribution < -0.4 is 5.32 Å². The molecule has 0 aromatic heterocycles. The molecule has 1 saturated heterocycles. The molecule has 2 aliphatic heterocycles. The molecule has 0 bridgehead atoms. The van der Waals surface area contributed by atoms with Gasteiger partial charge in [-0.1, -0.05) is 23.8 Å². The number of hydrogen-bond acceptors (Lipinski definition) is 5. The van der Waals surface area contributed by atoms with E-state index in [4.69, 9.17) is 14.3 Å². The molecular formula is C20H28N2O4. The molecule has 6 nitrogen and oxygen atoms in total. The summed E-state index contributed by atoms with van der Waals surface area (Å²) in [5.74, 6) is 0.695. The summed E-state index contributed by atoms with van der Waals surface area (Å²) in [4.78, 5) is 18.3. The van der Waals surface area contributed by atoms with Gasteiger partial charge in [-0.05, 0) is 37.8 Å². The van der Waals surface area contributed by atoms with Crippen LogP contribution in [-0.4, -0.2) is 57.0 Å². The first-order chi connectivity index (χ1) is 12.5. The van der Waals surface area contributed by atoms with Gasteiger partial charge in [-0.3, -0.25) is 4.79 Å². The van der Waals surface area contributed by atoms with Crippen LogP contribution in [0.25, 0.3) is 5.57 Å². The average molecular weight is 360 g/mol. The SMILES string of the molecule is COCCOC1=C(c2cc(C)ccc2C)C(=O)NC12CCN(OC)CC2. The van der Waals surface area contributed by atoms with Crippen molar-refractivity contribution in [2.45, 2.75) is 32.2 Å². The lowest BCUT2D eigenvalue weighted by molar-refractivity contribution is -0.153. The summed E-state index contributed by atoms with van der Waals surface area (Å²) in [5, 5.41) is 5.14. The molecule has 1 amide bonds. The highest BCUT2D eigenvalue weighted by molar-refractivity contribution is 6.23. The van der Waals surface area contributed by atoms with Crippen molar-refractivity contribution >= 4 is 11.5 Å². The molecule has 26 heavy (non-hydrogen) atoms. The maximum atomic E-state index is 13.0. The van der Waals surface area contributed by atoms with Gasteiger partial charge in [-0.2, -0.15) is 5.06 Å². The monoisotopic (exact) mass is 360 g/mol. The van der Waals surface area contributed by atoms with E-state index in [1.807, 2.05) is 18.9 Å². The molecule has 1 aromatic carbocycles. The molecule has 1 aromatic rings. The predicted octanol–water partition coefficient (Wildman–Crippen LogP) is 2.20. The number of methoxy groups -OCH3 is 1. The Kier molecular flexibility index (Phi) is 5.65. The Hall–Kier alpha value is -1.89. The first-order valence-corrected chi connectivity index (χ1v) is 9.06. The van der Waals surface area contributed by atoms with Crippen molar-refractivity contribution in [1.29, 1.82) is 0 Å². The first kappa shape index (κ1) is 18.9. The zero-order valence-electron chi connectivity index (χ0n) is 16.1. The van der Waals surface area contributed by atoms with Crippen LogP contribution in [0.1, 0.15) is 29.5 Å². The Morgan fingerprint density at radius 3 is 2.54 bits per heavy atom. The molecule has 0 radical (unpaired) electrons. The molecule has 2 heterocycles. The van der Waals surface area contributed by atoms with Crippen LogP contribution in [0.4, 0.5) is 0 Å². The lowest BCUT2D eigenvalue weighted by Crippen LogP contribution is -2.53. The third-order valence-electron chi connectivity index (χ3n) is 5.27. The van der Waals surface area contributed by atoms with Gasteiger partial charge in [-0.25, -0.2) is 0 Å². The van der Waals surface area contributed by atoms with Gasteiger partial charge in [0.05, 0.1) is 19.3 Å². The van der Waals surface area contributed by atoms with E-state index in [2.05, 4.69) is 23.5 Å². The molecule has 142 valence electrons. The van der Waals surface area contributed by atoms with E-state index >= 15 is 0 Å². The minimum atomic E-state index is -0.467. The topological polar surface area (TPSA) is 60.0 Å². The predicted molar refractivity (Wildman–Crippen MR) is 99.4 cm³/mol. The van der Waals surface area contributed by atoms with Crippen LogP contribution in [0.3, 0.4) is 0 Å². The Bertz CT molecular complexity index is 706. The third kappa shape index (κ3) is 3.49. The number of hydroxylamine groups is 2. The fourth-order valence-electron chi connectivity index (χ4n) is 3.77. The Morgan fingerprint density at radius 2 is 1.88 bits per heavy atom. The molecule has 6 heteroatoms. The number of piperidine rings is 1.